The maximum Gasteiger partial charge on any atom is 0.191 e. The Bertz CT molecular complexity index is 900. The van der Waals surface area contributed by atoms with Gasteiger partial charge in [-0.3, -0.25) is 9.67 Å². The summed E-state index contributed by atoms with van der Waals surface area (Å²) < 4.78 is 13.7. The average Bonchev–Trinajstić information content (AvgIpc) is 3.35. The van der Waals surface area contributed by atoms with Crippen LogP contribution in [-0.4, -0.2) is 42.0 Å². The van der Waals surface area contributed by atoms with Gasteiger partial charge in [-0.2, -0.15) is 5.10 Å². The molecular weight excluding hydrogens is 390 g/mol. The molecule has 1 aromatic heterocycles. The van der Waals surface area contributed by atoms with E-state index >= 15 is 0 Å². The second-order valence-corrected chi connectivity index (χ2v) is 8.45. The third-order valence-electron chi connectivity index (χ3n) is 6.09. The number of hydrogen-bond donors (Lipinski definition) is 2. The molecule has 170 valence electrons. The van der Waals surface area contributed by atoms with Crippen LogP contribution in [0.3, 0.4) is 0 Å². The van der Waals surface area contributed by atoms with Crippen LogP contribution in [0.25, 0.3) is 0 Å². The van der Waals surface area contributed by atoms with Crippen molar-refractivity contribution in [1.82, 2.24) is 20.4 Å². The second kappa shape index (κ2) is 10.6. The van der Waals surface area contributed by atoms with E-state index in [-0.39, 0.29) is 6.04 Å². The molecule has 31 heavy (non-hydrogen) atoms. The van der Waals surface area contributed by atoms with E-state index in [4.69, 9.17) is 9.47 Å². The summed E-state index contributed by atoms with van der Waals surface area (Å²) in [6, 6.07) is 6.25. The van der Waals surface area contributed by atoms with Crippen molar-refractivity contribution in [1.29, 1.82) is 0 Å². The molecule has 0 saturated heterocycles. The van der Waals surface area contributed by atoms with Gasteiger partial charge in [-0.25, -0.2) is 0 Å². The summed E-state index contributed by atoms with van der Waals surface area (Å²) in [6.07, 6.45) is 5.93. The van der Waals surface area contributed by atoms with Gasteiger partial charge >= 0.3 is 0 Å². The van der Waals surface area contributed by atoms with Gasteiger partial charge < -0.3 is 20.1 Å². The van der Waals surface area contributed by atoms with Crippen molar-refractivity contribution in [3.05, 3.63) is 40.7 Å². The molecule has 1 saturated carbocycles. The van der Waals surface area contributed by atoms with E-state index in [2.05, 4.69) is 47.6 Å². The minimum absolute atomic E-state index is 0.220. The van der Waals surface area contributed by atoms with Gasteiger partial charge in [0.2, 0.25) is 0 Å². The van der Waals surface area contributed by atoms with Crippen LogP contribution >= 0.6 is 0 Å². The summed E-state index contributed by atoms with van der Waals surface area (Å²) in [5.41, 5.74) is 4.69. The van der Waals surface area contributed by atoms with Crippen molar-refractivity contribution in [3.63, 3.8) is 0 Å². The Hall–Kier alpha value is -2.70. The number of hydrogen-bond acceptors (Lipinski definition) is 4. The SMILES string of the molecule is CN=C(NCc1ccc(OC)cc1OC1CCCC1)NC(C)Cc1c(C)nn(C)c1C. The number of aliphatic imine (C=N–C) groups is 1. The zero-order valence-corrected chi connectivity index (χ0v) is 19.8. The van der Waals surface area contributed by atoms with E-state index in [0.717, 1.165) is 48.0 Å². The van der Waals surface area contributed by atoms with Crippen LogP contribution in [0.5, 0.6) is 11.5 Å². The molecule has 1 atom stereocenters. The first-order valence-corrected chi connectivity index (χ1v) is 11.2. The van der Waals surface area contributed by atoms with Crippen molar-refractivity contribution in [2.24, 2.45) is 12.0 Å². The molecule has 7 nitrogen and oxygen atoms in total. The Morgan fingerprint density at radius 3 is 2.65 bits per heavy atom. The Morgan fingerprint density at radius 1 is 1.29 bits per heavy atom. The number of benzene rings is 1. The molecule has 1 aliphatic rings. The summed E-state index contributed by atoms with van der Waals surface area (Å²) in [4.78, 5) is 4.41. The van der Waals surface area contributed by atoms with Crippen molar-refractivity contribution in [2.75, 3.05) is 14.2 Å². The normalized spacial score (nSPS) is 15.7. The molecule has 1 aromatic carbocycles. The molecule has 0 spiro atoms. The molecule has 1 heterocycles. The summed E-state index contributed by atoms with van der Waals surface area (Å²) >= 11 is 0. The number of nitrogens with zero attached hydrogens (tertiary/aromatic N) is 3. The lowest BCUT2D eigenvalue weighted by atomic mass is 10.1. The van der Waals surface area contributed by atoms with E-state index in [1.807, 2.05) is 23.9 Å². The molecule has 3 rings (SSSR count). The Balaban J connectivity index is 1.62. The van der Waals surface area contributed by atoms with E-state index in [1.165, 1.54) is 24.1 Å². The molecule has 0 amide bonds. The van der Waals surface area contributed by atoms with Gasteiger partial charge in [0, 0.05) is 44.0 Å². The molecule has 2 aromatic rings. The highest BCUT2D eigenvalue weighted by Gasteiger charge is 2.19. The largest absolute Gasteiger partial charge is 0.497 e. The fourth-order valence-corrected chi connectivity index (χ4v) is 4.18. The third-order valence-corrected chi connectivity index (χ3v) is 6.09. The first-order chi connectivity index (χ1) is 14.9. The van der Waals surface area contributed by atoms with Gasteiger partial charge in [0.05, 0.1) is 18.9 Å². The van der Waals surface area contributed by atoms with E-state index < -0.39 is 0 Å². The lowest BCUT2D eigenvalue weighted by Crippen LogP contribution is -2.42. The maximum atomic E-state index is 6.31. The van der Waals surface area contributed by atoms with Crippen LogP contribution < -0.4 is 20.1 Å². The highest BCUT2D eigenvalue weighted by atomic mass is 16.5. The first kappa shape index (κ1) is 23.0. The monoisotopic (exact) mass is 427 g/mol. The number of aromatic nitrogens is 2. The Kier molecular flexibility index (Phi) is 7.82. The summed E-state index contributed by atoms with van der Waals surface area (Å²) in [7, 11) is 5.47. The van der Waals surface area contributed by atoms with Crippen LogP contribution in [-0.2, 0) is 20.0 Å². The van der Waals surface area contributed by atoms with Crippen LogP contribution in [0.2, 0.25) is 0 Å². The number of nitrogens with one attached hydrogen (secondary N) is 2. The number of aryl methyl sites for hydroxylation is 2. The lowest BCUT2D eigenvalue weighted by Gasteiger charge is -2.20. The van der Waals surface area contributed by atoms with Crippen LogP contribution in [0.15, 0.2) is 23.2 Å². The second-order valence-electron chi connectivity index (χ2n) is 8.45. The Morgan fingerprint density at radius 2 is 2.03 bits per heavy atom. The molecule has 1 aliphatic carbocycles. The van der Waals surface area contributed by atoms with Gasteiger partial charge in [-0.15, -0.1) is 0 Å². The van der Waals surface area contributed by atoms with E-state index in [1.54, 1.807) is 14.2 Å². The minimum atomic E-state index is 0.220. The molecule has 0 aliphatic heterocycles. The Labute approximate surface area is 186 Å². The highest BCUT2D eigenvalue weighted by molar-refractivity contribution is 5.80. The van der Waals surface area contributed by atoms with Gasteiger partial charge in [-0.1, -0.05) is 0 Å². The van der Waals surface area contributed by atoms with Gasteiger partial charge in [0.1, 0.15) is 11.5 Å². The predicted octanol–water partition coefficient (Wildman–Crippen LogP) is 3.66. The quantitative estimate of drug-likeness (QED) is 0.497. The number of ether oxygens (including phenoxy) is 2. The fraction of sp³-hybridized carbons (Fsp3) is 0.583. The van der Waals surface area contributed by atoms with Gasteiger partial charge in [-0.05, 0) is 70.6 Å². The first-order valence-electron chi connectivity index (χ1n) is 11.2. The topological polar surface area (TPSA) is 72.7 Å². The fourth-order valence-electron chi connectivity index (χ4n) is 4.18. The van der Waals surface area contributed by atoms with Crippen molar-refractivity contribution in [3.8, 4) is 11.5 Å². The molecule has 2 N–H and O–H groups in total. The van der Waals surface area contributed by atoms with Crippen LogP contribution in [0, 0.1) is 13.8 Å². The smallest absolute Gasteiger partial charge is 0.191 e. The van der Waals surface area contributed by atoms with Crippen molar-refractivity contribution in [2.45, 2.75) is 71.6 Å². The van der Waals surface area contributed by atoms with Crippen LogP contribution in [0.1, 0.15) is 55.1 Å². The minimum Gasteiger partial charge on any atom is -0.497 e. The number of guanidine groups is 1. The summed E-state index contributed by atoms with van der Waals surface area (Å²) in [5.74, 6) is 2.48. The van der Waals surface area contributed by atoms with Gasteiger partial charge in [0.15, 0.2) is 5.96 Å². The zero-order valence-electron chi connectivity index (χ0n) is 19.8. The summed E-state index contributed by atoms with van der Waals surface area (Å²) in [6.45, 7) is 6.98. The molecule has 7 heteroatoms. The molecule has 0 radical (unpaired) electrons. The van der Waals surface area contributed by atoms with Crippen molar-refractivity contribution < 1.29 is 9.47 Å². The molecule has 1 fully saturated rings. The predicted molar refractivity (Wildman–Crippen MR) is 125 cm³/mol. The lowest BCUT2D eigenvalue weighted by molar-refractivity contribution is 0.207. The van der Waals surface area contributed by atoms with Crippen molar-refractivity contribution >= 4 is 5.96 Å². The number of methoxy groups -OCH3 is 1. The zero-order chi connectivity index (χ0) is 22.4. The molecule has 0 bridgehead atoms. The van der Waals surface area contributed by atoms with E-state index in [9.17, 15) is 0 Å². The van der Waals surface area contributed by atoms with E-state index in [0.29, 0.717) is 12.6 Å². The molecular formula is C24H37N5O2. The number of rotatable bonds is 8. The standard InChI is InChI=1S/C24H37N5O2/c1-16(13-22-17(2)28-29(5)18(22)3)27-24(25-4)26-15-19-11-12-21(30-6)14-23(19)31-20-9-7-8-10-20/h11-12,14,16,20H,7-10,13,15H2,1-6H3,(H2,25,26,27). The molecule has 1 unspecified atom stereocenters. The van der Waals surface area contributed by atoms with Gasteiger partial charge in [0.25, 0.3) is 0 Å². The average molecular weight is 428 g/mol. The summed E-state index contributed by atoms with van der Waals surface area (Å²) in [5, 5.41) is 11.5. The highest BCUT2D eigenvalue weighted by Crippen LogP contribution is 2.30. The maximum absolute atomic E-state index is 6.31. The third kappa shape index (κ3) is 5.93. The van der Waals surface area contributed by atoms with Crippen LogP contribution in [0.4, 0.5) is 0 Å².